The standard InChI is InChI=1S/C3H8O9/c1-2-3-5-7-9-11-12-10-8-6-4/h4H,2-3H2,1H3. The van der Waals surface area contributed by atoms with Crippen LogP contribution in [0.1, 0.15) is 13.3 Å². The molecule has 9 heteroatoms. The van der Waals surface area contributed by atoms with E-state index in [0.717, 1.165) is 6.42 Å². The molecule has 0 spiro atoms. The summed E-state index contributed by atoms with van der Waals surface area (Å²) < 4.78 is 0. The molecule has 0 aromatic rings. The molecule has 0 aromatic heterocycles. The van der Waals surface area contributed by atoms with Crippen LogP contribution in [-0.2, 0) is 40.2 Å². The molecular weight excluding hydrogens is 180 g/mol. The first-order valence-electron chi connectivity index (χ1n) is 2.85. The first-order chi connectivity index (χ1) is 5.91. The minimum Gasteiger partial charge on any atom is -0.219 e. The van der Waals surface area contributed by atoms with Gasteiger partial charge in [0.1, 0.15) is 0 Å². The van der Waals surface area contributed by atoms with Crippen LogP contribution in [0, 0.1) is 0 Å². The second kappa shape index (κ2) is 10.6. The fraction of sp³-hybridized carbons (Fsp3) is 1.00. The largest absolute Gasteiger partial charge is 0.219 e. The summed E-state index contributed by atoms with van der Waals surface area (Å²) in [6.45, 7) is 2.18. The lowest BCUT2D eigenvalue weighted by Gasteiger charge is -1.97. The molecule has 0 aliphatic carbocycles. The van der Waals surface area contributed by atoms with E-state index >= 15 is 0 Å². The summed E-state index contributed by atoms with van der Waals surface area (Å²) >= 11 is 0. The lowest BCUT2D eigenvalue weighted by molar-refractivity contribution is -0.830. The Kier molecular flexibility index (Phi) is 10.3. The zero-order valence-electron chi connectivity index (χ0n) is 6.13. The van der Waals surface area contributed by atoms with Crippen LogP contribution in [0.25, 0.3) is 0 Å². The van der Waals surface area contributed by atoms with E-state index in [0.29, 0.717) is 6.61 Å². The van der Waals surface area contributed by atoms with Crippen LogP contribution >= 0.6 is 0 Å². The van der Waals surface area contributed by atoms with E-state index in [1.54, 1.807) is 0 Å². The number of rotatable bonds is 9. The molecule has 0 unspecified atom stereocenters. The Morgan fingerprint density at radius 2 is 1.50 bits per heavy atom. The molecule has 0 aliphatic rings. The van der Waals surface area contributed by atoms with Gasteiger partial charge in [-0.25, -0.2) is 10.1 Å². The van der Waals surface area contributed by atoms with E-state index in [-0.39, 0.29) is 0 Å². The second-order valence-corrected chi connectivity index (χ2v) is 1.30. The van der Waals surface area contributed by atoms with Crippen molar-refractivity contribution in [3.63, 3.8) is 0 Å². The molecule has 0 saturated heterocycles. The van der Waals surface area contributed by atoms with Crippen molar-refractivity contribution in [2.24, 2.45) is 0 Å². The molecule has 12 heavy (non-hydrogen) atoms. The Bertz CT molecular complexity index is 66.2. The van der Waals surface area contributed by atoms with Crippen molar-refractivity contribution in [2.75, 3.05) is 6.61 Å². The highest BCUT2D eigenvalue weighted by Crippen LogP contribution is 1.88. The van der Waals surface area contributed by atoms with E-state index in [9.17, 15) is 0 Å². The van der Waals surface area contributed by atoms with Gasteiger partial charge in [0.2, 0.25) is 0 Å². The van der Waals surface area contributed by atoms with Gasteiger partial charge in [-0.1, -0.05) is 6.92 Å². The lowest BCUT2D eigenvalue weighted by atomic mass is 10.5. The first-order valence-corrected chi connectivity index (χ1v) is 2.85. The number of hydrogen-bond donors (Lipinski definition) is 1. The minimum absolute atomic E-state index is 0.320. The van der Waals surface area contributed by atoms with Crippen LogP contribution in [0.5, 0.6) is 0 Å². The first kappa shape index (κ1) is 11.6. The molecule has 9 nitrogen and oxygen atoms in total. The molecule has 0 saturated carbocycles. The van der Waals surface area contributed by atoms with E-state index in [1.807, 2.05) is 6.92 Å². The van der Waals surface area contributed by atoms with Gasteiger partial charge in [0.25, 0.3) is 0 Å². The van der Waals surface area contributed by atoms with Gasteiger partial charge in [0.05, 0.1) is 6.61 Å². The van der Waals surface area contributed by atoms with Crippen molar-refractivity contribution in [1.29, 1.82) is 0 Å². The van der Waals surface area contributed by atoms with Crippen LogP contribution in [0.2, 0.25) is 0 Å². The number of hydrogen-bond acceptors (Lipinski definition) is 9. The van der Waals surface area contributed by atoms with Crippen molar-refractivity contribution in [3.05, 3.63) is 0 Å². The Morgan fingerprint density at radius 1 is 0.917 bits per heavy atom. The molecule has 0 rings (SSSR count). The molecule has 0 atom stereocenters. The van der Waals surface area contributed by atoms with E-state index < -0.39 is 0 Å². The van der Waals surface area contributed by atoms with Crippen molar-refractivity contribution in [1.82, 2.24) is 0 Å². The molecule has 0 bridgehead atoms. The van der Waals surface area contributed by atoms with Crippen molar-refractivity contribution >= 4 is 0 Å². The third-order valence-corrected chi connectivity index (χ3v) is 0.505. The Labute approximate surface area is 66.6 Å². The second-order valence-electron chi connectivity index (χ2n) is 1.30. The molecule has 0 aromatic carbocycles. The maximum atomic E-state index is 7.46. The SMILES string of the molecule is CCCOOOOOOOOO. The average Bonchev–Trinajstić information content (AvgIpc) is 2.10. The Morgan fingerprint density at radius 3 is 2.08 bits per heavy atom. The van der Waals surface area contributed by atoms with Gasteiger partial charge in [0, 0.05) is 0 Å². The zero-order chi connectivity index (χ0) is 9.07. The monoisotopic (exact) mass is 188 g/mol. The van der Waals surface area contributed by atoms with Gasteiger partial charge in [-0.3, -0.25) is 0 Å². The van der Waals surface area contributed by atoms with Gasteiger partial charge in [0.15, 0.2) is 0 Å². The molecule has 0 fully saturated rings. The summed E-state index contributed by atoms with van der Waals surface area (Å²) in [4.78, 5) is 4.29. The molecule has 0 amide bonds. The van der Waals surface area contributed by atoms with Crippen molar-refractivity contribution in [3.8, 4) is 0 Å². The van der Waals surface area contributed by atoms with Crippen LogP contribution < -0.4 is 0 Å². The normalized spacial score (nSPS) is 10.5. The molecule has 1 N–H and O–H groups in total. The van der Waals surface area contributed by atoms with Crippen molar-refractivity contribution < 1.29 is 45.4 Å². The van der Waals surface area contributed by atoms with Gasteiger partial charge < -0.3 is 0 Å². The zero-order valence-corrected chi connectivity index (χ0v) is 6.13. The van der Waals surface area contributed by atoms with Crippen LogP contribution in [-0.4, -0.2) is 11.9 Å². The maximum Gasteiger partial charge on any atom is 0.0852 e. The van der Waals surface area contributed by atoms with Crippen molar-refractivity contribution in [2.45, 2.75) is 13.3 Å². The van der Waals surface area contributed by atoms with E-state index in [1.165, 1.54) is 0 Å². The highest BCUT2D eigenvalue weighted by molar-refractivity contribution is 4.13. The van der Waals surface area contributed by atoms with Crippen LogP contribution in [0.3, 0.4) is 0 Å². The van der Waals surface area contributed by atoms with E-state index in [2.05, 4.69) is 40.2 Å². The summed E-state index contributed by atoms with van der Waals surface area (Å²) in [5.41, 5.74) is 0. The summed E-state index contributed by atoms with van der Waals surface area (Å²) in [7, 11) is 0. The summed E-state index contributed by atoms with van der Waals surface area (Å²) in [5, 5.41) is 31.8. The molecule has 0 aliphatic heterocycles. The molecule has 0 radical (unpaired) electrons. The molecule has 0 heterocycles. The quantitative estimate of drug-likeness (QED) is 0.313. The van der Waals surface area contributed by atoms with Crippen LogP contribution in [0.4, 0.5) is 0 Å². The summed E-state index contributed by atoms with van der Waals surface area (Å²) in [6, 6.07) is 0. The molecular formula is C3H8O9. The predicted molar refractivity (Wildman–Crippen MR) is 26.5 cm³/mol. The van der Waals surface area contributed by atoms with Gasteiger partial charge >= 0.3 is 0 Å². The Balaban J connectivity index is 2.73. The topological polar surface area (TPSA) is 94.1 Å². The fourth-order valence-corrected chi connectivity index (χ4v) is 0.195. The predicted octanol–water partition coefficient (Wildman–Crippen LogP) is 0.407. The third kappa shape index (κ3) is 9.64. The van der Waals surface area contributed by atoms with Gasteiger partial charge in [-0.15, -0.1) is 0 Å². The van der Waals surface area contributed by atoms with Crippen LogP contribution in [0.15, 0.2) is 0 Å². The summed E-state index contributed by atoms with van der Waals surface area (Å²) in [6.07, 6.45) is 0.738. The maximum absolute atomic E-state index is 7.46. The van der Waals surface area contributed by atoms with Gasteiger partial charge in [-0.05, 0) is 41.7 Å². The third-order valence-electron chi connectivity index (χ3n) is 0.505. The minimum atomic E-state index is 0.320. The fourth-order valence-electron chi connectivity index (χ4n) is 0.195. The highest BCUT2D eigenvalue weighted by atomic mass is 17.9. The lowest BCUT2D eigenvalue weighted by Crippen LogP contribution is -2.01. The highest BCUT2D eigenvalue weighted by Gasteiger charge is 1.93. The average molecular weight is 188 g/mol. The van der Waals surface area contributed by atoms with E-state index in [4.69, 9.17) is 5.26 Å². The molecule has 74 valence electrons. The summed E-state index contributed by atoms with van der Waals surface area (Å²) in [5.74, 6) is 0. The smallest absolute Gasteiger partial charge is 0.0852 e. The Hall–Kier alpha value is -0.360. The van der Waals surface area contributed by atoms with Gasteiger partial charge in [-0.2, -0.15) is 0 Å².